The van der Waals surface area contributed by atoms with Crippen LogP contribution in [0.5, 0.6) is 0 Å². The van der Waals surface area contributed by atoms with Crippen LogP contribution in [0.3, 0.4) is 0 Å². The van der Waals surface area contributed by atoms with Crippen molar-refractivity contribution in [2.75, 3.05) is 6.54 Å². The molecule has 30 heavy (non-hydrogen) atoms. The number of carbonyl (C=O) groups is 2. The molecule has 0 saturated carbocycles. The third kappa shape index (κ3) is 3.23. The molecule has 5 nitrogen and oxygen atoms in total. The van der Waals surface area contributed by atoms with E-state index in [1.54, 1.807) is 11.8 Å². The van der Waals surface area contributed by atoms with Crippen molar-refractivity contribution in [1.29, 1.82) is 0 Å². The molecule has 0 N–H and O–H groups in total. The van der Waals surface area contributed by atoms with Crippen LogP contribution in [0.15, 0.2) is 22.0 Å². The van der Waals surface area contributed by atoms with Gasteiger partial charge in [-0.3, -0.25) is 14.5 Å². The Hall–Kier alpha value is -1.07. The lowest BCUT2D eigenvalue weighted by Gasteiger charge is -2.16. The number of carbonyl (C=O) groups excluding carboxylic acids is 2. The van der Waals surface area contributed by atoms with Crippen molar-refractivity contribution < 1.29 is 9.59 Å². The van der Waals surface area contributed by atoms with E-state index < -0.39 is 0 Å². The Kier molecular flexibility index (Phi) is 5.42. The van der Waals surface area contributed by atoms with Gasteiger partial charge in [-0.1, -0.05) is 35.9 Å². The number of fused-ring (bicyclic) bond motifs is 2. The molecule has 0 fully saturated rings. The number of hydrogen-bond acceptors (Lipinski definition) is 7. The third-order valence-corrected chi connectivity index (χ3v) is 9.16. The predicted molar refractivity (Wildman–Crippen MR) is 132 cm³/mol. The van der Waals surface area contributed by atoms with E-state index in [0.29, 0.717) is 28.7 Å². The fourth-order valence-corrected chi connectivity index (χ4v) is 7.61. The van der Waals surface area contributed by atoms with Crippen molar-refractivity contribution in [2.24, 2.45) is 5.92 Å². The summed E-state index contributed by atoms with van der Waals surface area (Å²) in [5.74, 6) is -0.290. The van der Waals surface area contributed by atoms with Crippen LogP contribution in [-0.4, -0.2) is 36.2 Å². The van der Waals surface area contributed by atoms with Crippen LogP contribution in [-0.2, 0) is 0 Å². The first kappa shape index (κ1) is 20.8. The second-order valence-corrected chi connectivity index (χ2v) is 13.5. The van der Waals surface area contributed by atoms with Crippen LogP contribution < -0.4 is 0 Å². The van der Waals surface area contributed by atoms with Crippen LogP contribution >= 0.6 is 66.7 Å². The van der Waals surface area contributed by atoms with Crippen molar-refractivity contribution in [1.82, 2.24) is 13.6 Å². The van der Waals surface area contributed by atoms with Gasteiger partial charge in [0.05, 0.1) is 30.8 Å². The molecule has 10 heteroatoms. The van der Waals surface area contributed by atoms with Gasteiger partial charge in [-0.2, -0.15) is 8.75 Å². The molecule has 2 aliphatic rings. The molecule has 1 atom stereocenters. The molecule has 2 aliphatic heterocycles. The second kappa shape index (κ2) is 7.81. The molecule has 0 spiro atoms. The largest absolute Gasteiger partial charge is 0.274 e. The maximum atomic E-state index is 13.6. The van der Waals surface area contributed by atoms with Gasteiger partial charge in [-0.05, 0) is 40.4 Å². The molecule has 2 amide bonds. The molecular weight excluding hydrogens is 570 g/mol. The lowest BCUT2D eigenvalue weighted by molar-refractivity contribution is 0.0636. The van der Waals surface area contributed by atoms with Gasteiger partial charge in [-0.25, -0.2) is 0 Å². The average Bonchev–Trinajstić information content (AvgIpc) is 3.46. The Labute approximate surface area is 202 Å². The summed E-state index contributed by atoms with van der Waals surface area (Å²) in [5, 5.41) is 0. The number of amides is 2. The molecule has 4 heterocycles. The Balaban J connectivity index is 1.86. The second-order valence-electron chi connectivity index (χ2n) is 7.51. The number of nitrogens with zero attached hydrogens (tertiary/aromatic N) is 3. The SMILES string of the molecule is CC(C)CN1C(=O)c2c(c(-c3ccc(Br)s3)c3nsnc3c2C2=CCC(Br)S2)C1=O. The summed E-state index contributed by atoms with van der Waals surface area (Å²) in [4.78, 5) is 30.4. The van der Waals surface area contributed by atoms with Gasteiger partial charge < -0.3 is 0 Å². The predicted octanol–water partition coefficient (Wildman–Crippen LogP) is 6.63. The summed E-state index contributed by atoms with van der Waals surface area (Å²) >= 11 is 11.5. The van der Waals surface area contributed by atoms with Gasteiger partial charge in [0, 0.05) is 27.5 Å². The quantitative estimate of drug-likeness (QED) is 0.254. The van der Waals surface area contributed by atoms with Crippen LogP contribution in [0.4, 0.5) is 0 Å². The van der Waals surface area contributed by atoms with Crippen LogP contribution in [0, 0.1) is 5.92 Å². The molecule has 0 aliphatic carbocycles. The number of rotatable bonds is 4. The van der Waals surface area contributed by atoms with Gasteiger partial charge in [0.15, 0.2) is 0 Å². The summed E-state index contributed by atoms with van der Waals surface area (Å²) in [6, 6.07) is 3.91. The summed E-state index contributed by atoms with van der Waals surface area (Å²) in [6.45, 7) is 4.40. The zero-order chi connectivity index (χ0) is 21.2. The molecule has 5 rings (SSSR count). The number of halogens is 2. The van der Waals surface area contributed by atoms with E-state index in [9.17, 15) is 9.59 Å². The number of alkyl halides is 1. The topological polar surface area (TPSA) is 63.2 Å². The first-order valence-electron chi connectivity index (χ1n) is 9.32. The van der Waals surface area contributed by atoms with Gasteiger partial charge in [0.1, 0.15) is 11.0 Å². The lowest BCUT2D eigenvalue weighted by Crippen LogP contribution is -2.33. The first-order valence-corrected chi connectivity index (χ1v) is 13.5. The Morgan fingerprint density at radius 2 is 1.77 bits per heavy atom. The Bertz CT molecular complexity index is 1250. The molecule has 2 aromatic heterocycles. The monoisotopic (exact) mass is 583 g/mol. The van der Waals surface area contributed by atoms with Crippen LogP contribution in [0.25, 0.3) is 26.4 Å². The number of thiophene rings is 1. The standard InChI is InChI=1S/C20H15Br2N3O2S3/c1-8(2)7-25-19(26)15-13(9-3-5-11(21)28-9)17-18(24-30-23-17)14(16(15)20(25)27)10-4-6-12(22)29-10/h3-5,8,12H,6-7H2,1-2H3. The lowest BCUT2D eigenvalue weighted by atomic mass is 9.93. The number of imide groups is 1. The smallest absolute Gasteiger partial charge is 0.262 e. The van der Waals surface area contributed by atoms with Gasteiger partial charge in [-0.15, -0.1) is 23.1 Å². The number of benzene rings is 1. The van der Waals surface area contributed by atoms with Gasteiger partial charge >= 0.3 is 0 Å². The molecule has 154 valence electrons. The highest BCUT2D eigenvalue weighted by molar-refractivity contribution is 9.11. The Morgan fingerprint density at radius 3 is 2.33 bits per heavy atom. The highest BCUT2D eigenvalue weighted by Gasteiger charge is 2.43. The molecule has 1 aromatic carbocycles. The van der Waals surface area contributed by atoms with Crippen molar-refractivity contribution in [3.8, 4) is 10.4 Å². The van der Waals surface area contributed by atoms with E-state index >= 15 is 0 Å². The van der Waals surface area contributed by atoms with E-state index in [4.69, 9.17) is 0 Å². The Morgan fingerprint density at radius 1 is 1.10 bits per heavy atom. The van der Waals surface area contributed by atoms with Crippen LogP contribution in [0.2, 0.25) is 0 Å². The average molecular weight is 585 g/mol. The fourth-order valence-electron chi connectivity index (χ4n) is 3.85. The minimum Gasteiger partial charge on any atom is -0.274 e. The summed E-state index contributed by atoms with van der Waals surface area (Å²) in [7, 11) is 0. The highest BCUT2D eigenvalue weighted by atomic mass is 79.9. The van der Waals surface area contributed by atoms with Gasteiger partial charge in [0.25, 0.3) is 11.8 Å². The fraction of sp³-hybridized carbons (Fsp3) is 0.300. The number of allylic oxidation sites excluding steroid dienone is 1. The number of hydrogen-bond donors (Lipinski definition) is 0. The van der Waals surface area contributed by atoms with Crippen molar-refractivity contribution in [2.45, 2.75) is 24.4 Å². The molecule has 0 radical (unpaired) electrons. The third-order valence-electron chi connectivity index (χ3n) is 4.99. The van der Waals surface area contributed by atoms with E-state index in [1.165, 1.54) is 16.2 Å². The molecule has 3 aromatic rings. The van der Waals surface area contributed by atoms with Crippen LogP contribution in [0.1, 0.15) is 46.5 Å². The van der Waals surface area contributed by atoms with E-state index in [-0.39, 0.29) is 21.9 Å². The number of aromatic nitrogens is 2. The summed E-state index contributed by atoms with van der Waals surface area (Å²) < 4.78 is 10.4. The normalized spacial score (nSPS) is 18.8. The van der Waals surface area contributed by atoms with E-state index in [2.05, 4.69) is 46.7 Å². The van der Waals surface area contributed by atoms with Crippen molar-refractivity contribution >= 4 is 94.4 Å². The van der Waals surface area contributed by atoms with Crippen molar-refractivity contribution in [3.63, 3.8) is 0 Å². The van der Waals surface area contributed by atoms with E-state index in [0.717, 1.165) is 42.8 Å². The van der Waals surface area contributed by atoms with E-state index in [1.807, 2.05) is 26.0 Å². The molecule has 0 saturated heterocycles. The maximum absolute atomic E-state index is 13.6. The maximum Gasteiger partial charge on any atom is 0.262 e. The highest BCUT2D eigenvalue weighted by Crippen LogP contribution is 2.50. The zero-order valence-corrected chi connectivity index (χ0v) is 21.6. The van der Waals surface area contributed by atoms with Gasteiger partial charge in [0.2, 0.25) is 0 Å². The first-order chi connectivity index (χ1) is 14.4. The minimum absolute atomic E-state index is 0.179. The zero-order valence-electron chi connectivity index (χ0n) is 15.9. The number of thioether (sulfide) groups is 1. The summed E-state index contributed by atoms with van der Waals surface area (Å²) in [6.07, 6.45) is 2.97. The summed E-state index contributed by atoms with van der Waals surface area (Å²) in [5.41, 5.74) is 3.80. The van der Waals surface area contributed by atoms with Crippen molar-refractivity contribution in [3.05, 3.63) is 38.7 Å². The molecule has 0 bridgehead atoms. The molecule has 1 unspecified atom stereocenters. The minimum atomic E-state index is -0.238. The molecular formula is C20H15Br2N3O2S3.